The molecule has 2 aliphatic carbocycles. The van der Waals surface area contributed by atoms with Crippen LogP contribution in [0.2, 0.25) is 0 Å². The molecule has 0 nitrogen and oxygen atoms in total. The van der Waals surface area contributed by atoms with Crippen LogP contribution in [0.3, 0.4) is 0 Å². The van der Waals surface area contributed by atoms with Gasteiger partial charge in [0.15, 0.2) is 0 Å². The first-order valence-electron chi connectivity index (χ1n) is 5.12. The van der Waals surface area contributed by atoms with E-state index < -0.39 is 0 Å². The van der Waals surface area contributed by atoms with Crippen molar-refractivity contribution in [3.8, 4) is 0 Å². The van der Waals surface area contributed by atoms with Gasteiger partial charge in [-0.3, -0.25) is 0 Å². The smallest absolute Gasteiger partial charge is 0.00929 e. The van der Waals surface area contributed by atoms with E-state index in [1.807, 2.05) is 0 Å². The minimum atomic E-state index is 1.24. The zero-order chi connectivity index (χ0) is 9.10. The quantitative estimate of drug-likeness (QED) is 0.621. The summed E-state index contributed by atoms with van der Waals surface area (Å²) in [6.07, 6.45) is 15.0. The van der Waals surface area contributed by atoms with Gasteiger partial charge in [0.1, 0.15) is 0 Å². The van der Waals surface area contributed by atoms with Crippen molar-refractivity contribution < 1.29 is 0 Å². The van der Waals surface area contributed by atoms with E-state index in [-0.39, 0.29) is 0 Å². The third kappa shape index (κ3) is 2.46. The van der Waals surface area contributed by atoms with Crippen LogP contribution < -0.4 is 0 Å². The van der Waals surface area contributed by atoms with Crippen LogP contribution in [0.1, 0.15) is 38.5 Å². The molecule has 0 aromatic rings. The average molecular weight is 286 g/mol. The summed E-state index contributed by atoms with van der Waals surface area (Å²) in [5.74, 6) is 0. The van der Waals surface area contributed by atoms with Crippen LogP contribution in [0.15, 0.2) is 33.0 Å². The molecule has 0 radical (unpaired) electrons. The molecule has 0 aromatic carbocycles. The molecule has 0 atom stereocenters. The molecule has 0 saturated carbocycles. The van der Waals surface area contributed by atoms with Gasteiger partial charge in [-0.2, -0.15) is 0 Å². The molecule has 0 spiro atoms. The molecular formula is C12H15I. The van der Waals surface area contributed by atoms with Gasteiger partial charge in [-0.15, -0.1) is 0 Å². The summed E-state index contributed by atoms with van der Waals surface area (Å²) in [7, 11) is 0. The number of rotatable bonds is 1. The Morgan fingerprint density at radius 3 is 2.54 bits per heavy atom. The van der Waals surface area contributed by atoms with Crippen molar-refractivity contribution in [1.82, 2.24) is 0 Å². The van der Waals surface area contributed by atoms with E-state index in [1.165, 1.54) is 42.1 Å². The Morgan fingerprint density at radius 1 is 0.923 bits per heavy atom. The lowest BCUT2D eigenvalue weighted by molar-refractivity contribution is 0.698. The highest BCUT2D eigenvalue weighted by molar-refractivity contribution is 14.1. The highest BCUT2D eigenvalue weighted by Crippen LogP contribution is 2.31. The molecule has 0 fully saturated rings. The molecule has 0 N–H and O–H groups in total. The molecule has 0 heterocycles. The van der Waals surface area contributed by atoms with Crippen molar-refractivity contribution in [2.24, 2.45) is 0 Å². The maximum absolute atomic E-state index is 2.45. The van der Waals surface area contributed by atoms with Gasteiger partial charge >= 0.3 is 0 Å². The summed E-state index contributed by atoms with van der Waals surface area (Å²) in [6, 6.07) is 0. The molecule has 1 heteroatoms. The Bertz CT molecular complexity index is 281. The van der Waals surface area contributed by atoms with E-state index in [4.69, 9.17) is 0 Å². The molecule has 0 saturated heterocycles. The van der Waals surface area contributed by atoms with Crippen LogP contribution >= 0.6 is 22.6 Å². The largest absolute Gasteiger partial charge is 0.0810 e. The molecule has 13 heavy (non-hydrogen) atoms. The van der Waals surface area contributed by atoms with Crippen LogP contribution in [-0.4, -0.2) is 0 Å². The van der Waals surface area contributed by atoms with Crippen molar-refractivity contribution in [1.29, 1.82) is 0 Å². The summed E-state index contributed by atoms with van der Waals surface area (Å²) in [6.45, 7) is 0. The van der Waals surface area contributed by atoms with Crippen LogP contribution in [0.5, 0.6) is 0 Å². The minimum absolute atomic E-state index is 1.24. The summed E-state index contributed by atoms with van der Waals surface area (Å²) in [5, 5.41) is 0. The molecule has 70 valence electrons. The van der Waals surface area contributed by atoms with E-state index in [0.717, 1.165) is 0 Å². The lowest BCUT2D eigenvalue weighted by Crippen LogP contribution is -1.98. The maximum atomic E-state index is 2.45. The van der Waals surface area contributed by atoms with Gasteiger partial charge in [-0.25, -0.2) is 0 Å². The van der Waals surface area contributed by atoms with Crippen LogP contribution in [0.4, 0.5) is 0 Å². The second kappa shape index (κ2) is 4.45. The van der Waals surface area contributed by atoms with Gasteiger partial charge < -0.3 is 0 Å². The van der Waals surface area contributed by atoms with Crippen LogP contribution in [-0.2, 0) is 0 Å². The second-order valence-corrected chi connectivity index (χ2v) is 5.02. The monoisotopic (exact) mass is 286 g/mol. The average Bonchev–Trinajstić information content (AvgIpc) is 2.19. The van der Waals surface area contributed by atoms with Gasteiger partial charge in [0.25, 0.3) is 0 Å². The van der Waals surface area contributed by atoms with E-state index in [0.29, 0.717) is 0 Å². The van der Waals surface area contributed by atoms with E-state index in [2.05, 4.69) is 40.8 Å². The first-order chi connectivity index (χ1) is 6.36. The van der Waals surface area contributed by atoms with Gasteiger partial charge in [-0.1, -0.05) is 12.2 Å². The summed E-state index contributed by atoms with van der Waals surface area (Å²) in [5.41, 5.74) is 3.24. The zero-order valence-corrected chi connectivity index (χ0v) is 10.0. The minimum Gasteiger partial charge on any atom is -0.0810 e. The first-order valence-corrected chi connectivity index (χ1v) is 6.20. The van der Waals surface area contributed by atoms with Crippen LogP contribution in [0.25, 0.3) is 0 Å². The molecular weight excluding hydrogens is 271 g/mol. The topological polar surface area (TPSA) is 0 Å². The molecule has 2 aliphatic rings. The van der Waals surface area contributed by atoms with Crippen molar-refractivity contribution in [3.05, 3.63) is 33.0 Å². The third-order valence-corrected chi connectivity index (χ3v) is 3.52. The van der Waals surface area contributed by atoms with Gasteiger partial charge in [-0.05, 0) is 78.3 Å². The molecule has 0 aromatic heterocycles. The number of allylic oxidation sites excluding steroid dienone is 6. The fourth-order valence-corrected chi connectivity index (χ4v) is 2.73. The maximum Gasteiger partial charge on any atom is 0.00929 e. The van der Waals surface area contributed by atoms with Gasteiger partial charge in [0.05, 0.1) is 0 Å². The number of halogens is 1. The van der Waals surface area contributed by atoms with Crippen molar-refractivity contribution in [2.75, 3.05) is 0 Å². The van der Waals surface area contributed by atoms with Gasteiger partial charge in [0, 0.05) is 3.58 Å². The van der Waals surface area contributed by atoms with E-state index >= 15 is 0 Å². The summed E-state index contributed by atoms with van der Waals surface area (Å²) < 4.78 is 1.42. The molecule has 0 bridgehead atoms. The predicted molar refractivity (Wildman–Crippen MR) is 66.0 cm³/mol. The Kier molecular flexibility index (Phi) is 3.25. The predicted octanol–water partition coefficient (Wildman–Crippen LogP) is 4.53. The standard InChI is InChI=1S/C12H15I/c13-12-8-4-7-11(9-12)10-5-2-1-3-6-10/h5,8-9H,1-4,6-7H2. The Morgan fingerprint density at radius 2 is 1.85 bits per heavy atom. The lowest BCUT2D eigenvalue weighted by Gasteiger charge is -2.18. The second-order valence-electron chi connectivity index (χ2n) is 3.77. The van der Waals surface area contributed by atoms with Crippen LogP contribution in [0, 0.1) is 0 Å². The SMILES string of the molecule is IC1=CCCC(C2=CCCCC2)=C1. The Hall–Kier alpha value is -0.0500. The third-order valence-electron chi connectivity index (χ3n) is 2.77. The van der Waals surface area contributed by atoms with E-state index in [9.17, 15) is 0 Å². The Balaban J connectivity index is 2.15. The fourth-order valence-electron chi connectivity index (χ4n) is 2.05. The summed E-state index contributed by atoms with van der Waals surface area (Å²) in [4.78, 5) is 0. The highest BCUT2D eigenvalue weighted by Gasteiger charge is 2.10. The first kappa shape index (κ1) is 9.50. The lowest BCUT2D eigenvalue weighted by atomic mass is 9.89. The van der Waals surface area contributed by atoms with Crippen molar-refractivity contribution in [2.45, 2.75) is 38.5 Å². The number of hydrogen-bond donors (Lipinski definition) is 0. The Labute approximate surface area is 93.9 Å². The normalized spacial score (nSPS) is 23.3. The van der Waals surface area contributed by atoms with Crippen molar-refractivity contribution >= 4 is 22.6 Å². The highest BCUT2D eigenvalue weighted by atomic mass is 127. The molecule has 0 unspecified atom stereocenters. The molecule has 2 rings (SSSR count). The molecule has 0 amide bonds. The fraction of sp³-hybridized carbons (Fsp3) is 0.500. The number of hydrogen-bond acceptors (Lipinski definition) is 0. The zero-order valence-electron chi connectivity index (χ0n) is 7.85. The van der Waals surface area contributed by atoms with Gasteiger partial charge in [0.2, 0.25) is 0 Å². The van der Waals surface area contributed by atoms with E-state index in [1.54, 1.807) is 11.1 Å². The molecule has 0 aliphatic heterocycles. The van der Waals surface area contributed by atoms with Crippen molar-refractivity contribution in [3.63, 3.8) is 0 Å². The summed E-state index contributed by atoms with van der Waals surface area (Å²) >= 11 is 2.43.